The van der Waals surface area contributed by atoms with Gasteiger partial charge in [-0.05, 0) is 13.8 Å². The van der Waals surface area contributed by atoms with Crippen molar-refractivity contribution in [3.63, 3.8) is 0 Å². The highest BCUT2D eigenvalue weighted by Crippen LogP contribution is 2.18. The topological polar surface area (TPSA) is 54.9 Å². The summed E-state index contributed by atoms with van der Waals surface area (Å²) in [6.45, 7) is 3.58. The van der Waals surface area contributed by atoms with E-state index < -0.39 is 23.2 Å². The third-order valence-corrected chi connectivity index (χ3v) is 3.52. The minimum absolute atomic E-state index is 0.363. The Bertz CT molecular complexity index is 615. The Morgan fingerprint density at radius 2 is 2.21 bits per heavy atom. The molecule has 4 nitrogen and oxygen atoms in total. The van der Waals surface area contributed by atoms with Gasteiger partial charge < -0.3 is 5.32 Å². The van der Waals surface area contributed by atoms with Crippen molar-refractivity contribution < 1.29 is 13.6 Å². The molecule has 100 valence electrons. The smallest absolute Gasteiger partial charge is 0.273 e. The van der Waals surface area contributed by atoms with Gasteiger partial charge in [-0.15, -0.1) is 11.3 Å². The summed E-state index contributed by atoms with van der Waals surface area (Å²) in [6, 6.07) is 0.262. The van der Waals surface area contributed by atoms with Crippen LogP contribution >= 0.6 is 11.3 Å². The average molecular weight is 283 g/mol. The quantitative estimate of drug-likeness (QED) is 0.942. The molecule has 0 fully saturated rings. The maximum Gasteiger partial charge on any atom is 0.273 e. The molecule has 19 heavy (non-hydrogen) atoms. The third-order valence-electron chi connectivity index (χ3n) is 2.38. The molecule has 0 radical (unpaired) electrons. The number of aromatic nitrogens is 2. The van der Waals surface area contributed by atoms with Crippen molar-refractivity contribution >= 4 is 17.2 Å². The van der Waals surface area contributed by atoms with Crippen LogP contribution in [0.1, 0.15) is 34.2 Å². The SMILES string of the molecule is Cc1csc(C(C)NC(=O)c2ncc(F)cc2F)n1. The third kappa shape index (κ3) is 3.11. The van der Waals surface area contributed by atoms with Crippen LogP contribution in [0.25, 0.3) is 0 Å². The number of hydrogen-bond acceptors (Lipinski definition) is 4. The zero-order chi connectivity index (χ0) is 14.0. The van der Waals surface area contributed by atoms with Gasteiger partial charge in [-0.25, -0.2) is 18.7 Å². The number of nitrogens with one attached hydrogen (secondary N) is 1. The first-order valence-electron chi connectivity index (χ1n) is 5.51. The van der Waals surface area contributed by atoms with Gasteiger partial charge in [-0.3, -0.25) is 4.79 Å². The van der Waals surface area contributed by atoms with Gasteiger partial charge in [0.1, 0.15) is 10.8 Å². The summed E-state index contributed by atoms with van der Waals surface area (Å²) in [7, 11) is 0. The Kier molecular flexibility index (Phi) is 3.84. The summed E-state index contributed by atoms with van der Waals surface area (Å²) in [4.78, 5) is 19.5. The van der Waals surface area contributed by atoms with Crippen LogP contribution in [0.3, 0.4) is 0 Å². The summed E-state index contributed by atoms with van der Waals surface area (Å²) >= 11 is 1.40. The molecule has 0 saturated carbocycles. The summed E-state index contributed by atoms with van der Waals surface area (Å²) < 4.78 is 26.1. The van der Waals surface area contributed by atoms with E-state index >= 15 is 0 Å². The van der Waals surface area contributed by atoms with Crippen molar-refractivity contribution in [1.29, 1.82) is 0 Å². The van der Waals surface area contributed by atoms with Crippen molar-refractivity contribution in [1.82, 2.24) is 15.3 Å². The van der Waals surface area contributed by atoms with Gasteiger partial charge >= 0.3 is 0 Å². The molecular formula is C12H11F2N3OS. The van der Waals surface area contributed by atoms with E-state index in [0.717, 1.165) is 11.9 Å². The van der Waals surface area contributed by atoms with Crippen molar-refractivity contribution in [2.45, 2.75) is 19.9 Å². The molecule has 2 aromatic rings. The highest BCUT2D eigenvalue weighted by molar-refractivity contribution is 7.09. The van der Waals surface area contributed by atoms with Gasteiger partial charge in [-0.2, -0.15) is 0 Å². The first-order chi connectivity index (χ1) is 8.97. The standard InChI is InChI=1S/C12H11F2N3OS/c1-6-5-19-12(16-6)7(2)17-11(18)10-9(14)3-8(13)4-15-10/h3-5,7H,1-2H3,(H,17,18). The van der Waals surface area contributed by atoms with Crippen LogP contribution in [-0.2, 0) is 0 Å². The summed E-state index contributed by atoms with van der Waals surface area (Å²) in [5.74, 6) is -2.50. The van der Waals surface area contributed by atoms with Crippen molar-refractivity contribution in [2.24, 2.45) is 0 Å². The number of halogens is 2. The first kappa shape index (κ1) is 13.5. The number of carbonyl (C=O) groups excluding carboxylic acids is 1. The van der Waals surface area contributed by atoms with E-state index in [1.165, 1.54) is 11.3 Å². The van der Waals surface area contributed by atoms with Crippen LogP contribution in [0.2, 0.25) is 0 Å². The molecule has 1 amide bonds. The number of rotatable bonds is 3. The zero-order valence-corrected chi connectivity index (χ0v) is 11.1. The number of hydrogen-bond donors (Lipinski definition) is 1. The monoisotopic (exact) mass is 283 g/mol. The molecule has 1 N–H and O–H groups in total. The lowest BCUT2D eigenvalue weighted by Gasteiger charge is -2.11. The van der Waals surface area contributed by atoms with Crippen LogP contribution in [0.15, 0.2) is 17.6 Å². The Hall–Kier alpha value is -1.89. The molecule has 0 aliphatic carbocycles. The minimum atomic E-state index is -0.986. The number of aryl methyl sites for hydroxylation is 1. The van der Waals surface area contributed by atoms with Crippen LogP contribution in [0.5, 0.6) is 0 Å². The second-order valence-electron chi connectivity index (χ2n) is 4.01. The maximum atomic E-state index is 13.4. The number of nitrogens with zero attached hydrogens (tertiary/aromatic N) is 2. The molecule has 0 bridgehead atoms. The highest BCUT2D eigenvalue weighted by Gasteiger charge is 2.18. The molecular weight excluding hydrogens is 272 g/mol. The molecule has 2 rings (SSSR count). The van der Waals surface area contributed by atoms with Crippen LogP contribution in [0.4, 0.5) is 8.78 Å². The van der Waals surface area contributed by atoms with E-state index in [1.54, 1.807) is 6.92 Å². The Labute approximate surface area is 112 Å². The highest BCUT2D eigenvalue weighted by atomic mass is 32.1. The molecule has 7 heteroatoms. The van der Waals surface area contributed by atoms with Gasteiger partial charge in [0.25, 0.3) is 5.91 Å². The van der Waals surface area contributed by atoms with Crippen LogP contribution < -0.4 is 5.32 Å². The Balaban J connectivity index is 2.12. The second kappa shape index (κ2) is 5.40. The molecule has 0 aliphatic rings. The van der Waals surface area contributed by atoms with Crippen molar-refractivity contribution in [2.75, 3.05) is 0 Å². The van der Waals surface area contributed by atoms with Gasteiger partial charge in [0, 0.05) is 17.1 Å². The lowest BCUT2D eigenvalue weighted by atomic mass is 10.3. The van der Waals surface area contributed by atoms with E-state index in [4.69, 9.17) is 0 Å². The fraction of sp³-hybridized carbons (Fsp3) is 0.250. The summed E-state index contributed by atoms with van der Waals surface area (Å²) in [5.41, 5.74) is 0.425. The van der Waals surface area contributed by atoms with Crippen LogP contribution in [-0.4, -0.2) is 15.9 Å². The van der Waals surface area contributed by atoms with E-state index in [-0.39, 0.29) is 6.04 Å². The van der Waals surface area contributed by atoms with Crippen molar-refractivity contribution in [3.8, 4) is 0 Å². The minimum Gasteiger partial charge on any atom is -0.342 e. The number of amides is 1. The molecule has 0 aromatic carbocycles. The zero-order valence-electron chi connectivity index (χ0n) is 10.3. The fourth-order valence-corrected chi connectivity index (χ4v) is 2.28. The lowest BCUT2D eigenvalue weighted by molar-refractivity contribution is 0.0930. The second-order valence-corrected chi connectivity index (χ2v) is 4.90. The number of carbonyl (C=O) groups is 1. The predicted molar refractivity (Wildman–Crippen MR) is 66.9 cm³/mol. The van der Waals surface area contributed by atoms with E-state index in [1.807, 2.05) is 12.3 Å². The molecule has 0 spiro atoms. The lowest BCUT2D eigenvalue weighted by Crippen LogP contribution is -2.28. The largest absolute Gasteiger partial charge is 0.342 e. The van der Waals surface area contributed by atoms with E-state index in [9.17, 15) is 13.6 Å². The average Bonchev–Trinajstić information content (AvgIpc) is 2.75. The first-order valence-corrected chi connectivity index (χ1v) is 6.39. The van der Waals surface area contributed by atoms with Crippen molar-refractivity contribution in [3.05, 3.63) is 45.7 Å². The summed E-state index contributed by atoms with van der Waals surface area (Å²) in [5, 5.41) is 5.14. The summed E-state index contributed by atoms with van der Waals surface area (Å²) in [6.07, 6.45) is 0.802. The van der Waals surface area contributed by atoms with Gasteiger partial charge in [0.2, 0.25) is 0 Å². The van der Waals surface area contributed by atoms with Gasteiger partial charge in [0.15, 0.2) is 11.5 Å². The van der Waals surface area contributed by atoms with Crippen LogP contribution in [0, 0.1) is 18.6 Å². The Morgan fingerprint density at radius 1 is 1.47 bits per heavy atom. The molecule has 1 atom stereocenters. The van der Waals surface area contributed by atoms with E-state index in [0.29, 0.717) is 11.1 Å². The van der Waals surface area contributed by atoms with Gasteiger partial charge in [-0.1, -0.05) is 0 Å². The number of pyridine rings is 1. The predicted octanol–water partition coefficient (Wildman–Crippen LogP) is 2.62. The maximum absolute atomic E-state index is 13.4. The number of thiazole rings is 1. The Morgan fingerprint density at radius 3 is 2.79 bits per heavy atom. The van der Waals surface area contributed by atoms with E-state index in [2.05, 4.69) is 15.3 Å². The molecule has 2 aromatic heterocycles. The van der Waals surface area contributed by atoms with Gasteiger partial charge in [0.05, 0.1) is 12.2 Å². The molecule has 0 saturated heterocycles. The molecule has 0 aliphatic heterocycles. The fourth-order valence-electron chi connectivity index (χ4n) is 1.48. The normalized spacial score (nSPS) is 12.2. The molecule has 2 heterocycles. The molecule has 1 unspecified atom stereocenters.